The topological polar surface area (TPSA) is 78.9 Å². The molecule has 1 aromatic carbocycles. The van der Waals surface area contributed by atoms with Gasteiger partial charge in [0.2, 0.25) is 0 Å². The lowest BCUT2D eigenvalue weighted by Crippen LogP contribution is -2.39. The number of amides is 2. The summed E-state index contributed by atoms with van der Waals surface area (Å²) in [7, 11) is 0. The minimum atomic E-state index is -1.05. The fourth-order valence-electron chi connectivity index (χ4n) is 2.38. The fraction of sp³-hybridized carbons (Fsp3) is 0.467. The molecule has 2 rings (SSSR count). The largest absolute Gasteiger partial charge is 0.478 e. The summed E-state index contributed by atoms with van der Waals surface area (Å²) < 4.78 is 5.50. The summed E-state index contributed by atoms with van der Waals surface area (Å²) in [5.41, 5.74) is 1.18. The summed E-state index contributed by atoms with van der Waals surface area (Å²) in [4.78, 5) is 25.3. The molecule has 21 heavy (non-hydrogen) atoms. The third-order valence-corrected chi connectivity index (χ3v) is 3.47. The number of para-hydroxylation sites is 1. The van der Waals surface area contributed by atoms with Crippen LogP contribution in [0.25, 0.3) is 0 Å². The number of ether oxygens (including phenoxy) is 1. The van der Waals surface area contributed by atoms with Crippen molar-refractivity contribution in [3.63, 3.8) is 0 Å². The average Bonchev–Trinajstić information content (AvgIpc) is 2.65. The van der Waals surface area contributed by atoms with Crippen LogP contribution in [0.15, 0.2) is 18.2 Å². The van der Waals surface area contributed by atoms with E-state index in [1.54, 1.807) is 24.0 Å². The zero-order valence-electron chi connectivity index (χ0n) is 12.3. The summed E-state index contributed by atoms with van der Waals surface area (Å²) in [6.45, 7) is 5.43. The standard InChI is InChI=1S/C15H20N2O4/c1-10-5-3-6-12(14(18)19)13(10)16-15(20)17-7-4-8-21-11(2)9-17/h3,5-6,11H,4,7-9H2,1-2H3,(H,16,20)(H,18,19). The van der Waals surface area contributed by atoms with Crippen LogP contribution >= 0.6 is 0 Å². The lowest BCUT2D eigenvalue weighted by Gasteiger charge is -2.23. The van der Waals surface area contributed by atoms with E-state index in [0.717, 1.165) is 12.0 Å². The Bertz CT molecular complexity index is 544. The van der Waals surface area contributed by atoms with Gasteiger partial charge in [0.1, 0.15) is 0 Å². The van der Waals surface area contributed by atoms with Gasteiger partial charge in [0.25, 0.3) is 0 Å². The number of benzene rings is 1. The average molecular weight is 292 g/mol. The van der Waals surface area contributed by atoms with Crippen LogP contribution in [0.2, 0.25) is 0 Å². The van der Waals surface area contributed by atoms with Crippen LogP contribution in [0.1, 0.15) is 29.3 Å². The molecule has 1 aromatic rings. The molecular formula is C15H20N2O4. The Labute approximate surface area is 123 Å². The maximum absolute atomic E-state index is 12.4. The molecule has 1 fully saturated rings. The minimum Gasteiger partial charge on any atom is -0.478 e. The van der Waals surface area contributed by atoms with E-state index >= 15 is 0 Å². The third-order valence-electron chi connectivity index (χ3n) is 3.47. The van der Waals surface area contributed by atoms with Crippen LogP contribution in [-0.2, 0) is 4.74 Å². The Morgan fingerprint density at radius 3 is 2.90 bits per heavy atom. The molecule has 1 heterocycles. The number of hydrogen-bond acceptors (Lipinski definition) is 3. The van der Waals surface area contributed by atoms with Gasteiger partial charge in [0.15, 0.2) is 0 Å². The van der Waals surface area contributed by atoms with Crippen molar-refractivity contribution < 1.29 is 19.4 Å². The van der Waals surface area contributed by atoms with E-state index in [1.807, 2.05) is 6.92 Å². The van der Waals surface area contributed by atoms with Crippen molar-refractivity contribution in [2.75, 3.05) is 25.0 Å². The van der Waals surface area contributed by atoms with Crippen molar-refractivity contribution in [2.24, 2.45) is 0 Å². The minimum absolute atomic E-state index is 0.0194. The number of carbonyl (C=O) groups excluding carboxylic acids is 1. The number of carboxylic acids is 1. The predicted octanol–water partition coefficient (Wildman–Crippen LogP) is 2.34. The molecule has 1 atom stereocenters. The van der Waals surface area contributed by atoms with E-state index in [-0.39, 0.29) is 17.7 Å². The van der Waals surface area contributed by atoms with Gasteiger partial charge >= 0.3 is 12.0 Å². The molecule has 1 aliphatic rings. The number of carboxylic acid groups (broad SMARTS) is 1. The summed E-state index contributed by atoms with van der Waals surface area (Å²) in [5.74, 6) is -1.05. The van der Waals surface area contributed by atoms with Gasteiger partial charge in [0.05, 0.1) is 17.4 Å². The molecule has 0 aliphatic carbocycles. The molecule has 1 saturated heterocycles. The highest BCUT2D eigenvalue weighted by molar-refractivity contribution is 6.01. The maximum atomic E-state index is 12.4. The first kappa shape index (κ1) is 15.3. The number of rotatable bonds is 2. The molecule has 6 nitrogen and oxygen atoms in total. The van der Waals surface area contributed by atoms with Gasteiger partial charge in [-0.05, 0) is 31.9 Å². The van der Waals surface area contributed by atoms with Crippen LogP contribution in [-0.4, -0.2) is 47.8 Å². The van der Waals surface area contributed by atoms with Gasteiger partial charge in [-0.2, -0.15) is 0 Å². The quantitative estimate of drug-likeness (QED) is 0.877. The smallest absolute Gasteiger partial charge is 0.337 e. The SMILES string of the molecule is Cc1cccc(C(=O)O)c1NC(=O)N1CCCOC(C)C1. The normalized spacial score (nSPS) is 19.0. The number of nitrogens with one attached hydrogen (secondary N) is 1. The lowest BCUT2D eigenvalue weighted by molar-refractivity contribution is 0.0696. The van der Waals surface area contributed by atoms with E-state index in [2.05, 4.69) is 5.32 Å². The van der Waals surface area contributed by atoms with Crippen LogP contribution in [0.4, 0.5) is 10.5 Å². The van der Waals surface area contributed by atoms with E-state index in [1.165, 1.54) is 6.07 Å². The molecule has 1 aliphatic heterocycles. The molecular weight excluding hydrogens is 272 g/mol. The second-order valence-electron chi connectivity index (χ2n) is 5.21. The van der Waals surface area contributed by atoms with Gasteiger partial charge in [0, 0.05) is 19.7 Å². The number of aryl methyl sites for hydroxylation is 1. The summed E-state index contributed by atoms with van der Waals surface area (Å²) in [5, 5.41) is 11.9. The van der Waals surface area contributed by atoms with Crippen LogP contribution in [0.3, 0.4) is 0 Å². The first-order valence-corrected chi connectivity index (χ1v) is 6.99. The molecule has 0 bridgehead atoms. The second-order valence-corrected chi connectivity index (χ2v) is 5.21. The van der Waals surface area contributed by atoms with Crippen molar-refractivity contribution in [1.82, 2.24) is 4.90 Å². The Morgan fingerprint density at radius 2 is 2.19 bits per heavy atom. The van der Waals surface area contributed by atoms with Gasteiger partial charge in [-0.25, -0.2) is 9.59 Å². The highest BCUT2D eigenvalue weighted by Crippen LogP contribution is 2.21. The Balaban J connectivity index is 2.17. The number of aromatic carboxylic acids is 1. The van der Waals surface area contributed by atoms with Crippen LogP contribution in [0, 0.1) is 6.92 Å². The third kappa shape index (κ3) is 3.72. The molecule has 2 N–H and O–H groups in total. The van der Waals surface area contributed by atoms with Crippen LogP contribution < -0.4 is 5.32 Å². The van der Waals surface area contributed by atoms with E-state index in [0.29, 0.717) is 25.4 Å². The first-order valence-electron chi connectivity index (χ1n) is 6.99. The summed E-state index contributed by atoms with van der Waals surface area (Å²) in [6, 6.07) is 4.63. The molecule has 0 radical (unpaired) electrons. The number of carbonyl (C=O) groups is 2. The van der Waals surface area contributed by atoms with Gasteiger partial charge in [-0.15, -0.1) is 0 Å². The maximum Gasteiger partial charge on any atom is 0.337 e. The van der Waals surface area contributed by atoms with Crippen molar-refractivity contribution in [3.05, 3.63) is 29.3 Å². The van der Waals surface area contributed by atoms with Crippen molar-refractivity contribution in [3.8, 4) is 0 Å². The number of urea groups is 1. The molecule has 6 heteroatoms. The molecule has 2 amide bonds. The predicted molar refractivity (Wildman–Crippen MR) is 78.8 cm³/mol. The Morgan fingerprint density at radius 1 is 1.43 bits per heavy atom. The molecule has 0 aromatic heterocycles. The van der Waals surface area contributed by atoms with Gasteiger partial charge in [-0.1, -0.05) is 12.1 Å². The molecule has 1 unspecified atom stereocenters. The van der Waals surface area contributed by atoms with Crippen molar-refractivity contribution in [1.29, 1.82) is 0 Å². The number of hydrogen-bond donors (Lipinski definition) is 2. The number of anilines is 1. The Kier molecular flexibility index (Phi) is 4.80. The zero-order chi connectivity index (χ0) is 15.4. The van der Waals surface area contributed by atoms with Crippen LogP contribution in [0.5, 0.6) is 0 Å². The first-order chi connectivity index (χ1) is 9.99. The van der Waals surface area contributed by atoms with E-state index in [4.69, 9.17) is 4.74 Å². The Hall–Kier alpha value is -2.08. The number of nitrogens with zero attached hydrogens (tertiary/aromatic N) is 1. The van der Waals surface area contributed by atoms with E-state index in [9.17, 15) is 14.7 Å². The molecule has 0 spiro atoms. The summed E-state index contributed by atoms with van der Waals surface area (Å²) >= 11 is 0. The summed E-state index contributed by atoms with van der Waals surface area (Å²) in [6.07, 6.45) is 0.756. The van der Waals surface area contributed by atoms with Crippen molar-refractivity contribution >= 4 is 17.7 Å². The fourth-order valence-corrected chi connectivity index (χ4v) is 2.38. The van der Waals surface area contributed by atoms with Gasteiger partial charge < -0.3 is 20.1 Å². The lowest BCUT2D eigenvalue weighted by atomic mass is 10.1. The highest BCUT2D eigenvalue weighted by atomic mass is 16.5. The highest BCUT2D eigenvalue weighted by Gasteiger charge is 2.22. The second kappa shape index (κ2) is 6.58. The monoisotopic (exact) mass is 292 g/mol. The van der Waals surface area contributed by atoms with Crippen molar-refractivity contribution in [2.45, 2.75) is 26.4 Å². The molecule has 114 valence electrons. The molecule has 0 saturated carbocycles. The zero-order valence-corrected chi connectivity index (χ0v) is 12.3. The van der Waals surface area contributed by atoms with Gasteiger partial charge in [-0.3, -0.25) is 0 Å². The van der Waals surface area contributed by atoms with E-state index < -0.39 is 5.97 Å².